The Morgan fingerprint density at radius 2 is 1.84 bits per heavy atom. The molecule has 1 aromatic carbocycles. The molecule has 1 saturated heterocycles. The number of hydrogen-bond acceptors (Lipinski definition) is 6. The Hall–Kier alpha value is -2.34. The Morgan fingerprint density at radius 1 is 1.19 bits per heavy atom. The summed E-state index contributed by atoms with van der Waals surface area (Å²) < 4.78 is 21.8. The number of carbonyl (C=O) groups is 1. The van der Waals surface area contributed by atoms with E-state index in [1.54, 1.807) is 27.4 Å². The molecule has 0 bridgehead atoms. The zero-order chi connectivity index (χ0) is 27.1. The van der Waals surface area contributed by atoms with E-state index < -0.39 is 16.1 Å². The molecule has 37 heavy (non-hydrogen) atoms. The van der Waals surface area contributed by atoms with Gasteiger partial charge in [0.05, 0.1) is 4.92 Å². The number of piperidine rings is 1. The van der Waals surface area contributed by atoms with Gasteiger partial charge in [-0.3, -0.25) is 10.1 Å². The van der Waals surface area contributed by atoms with Crippen molar-refractivity contribution < 1.29 is 18.7 Å². The van der Waals surface area contributed by atoms with Crippen molar-refractivity contribution in [1.82, 2.24) is 18.4 Å². The maximum absolute atomic E-state index is 12.9. The Kier molecular flexibility index (Phi) is 10.6. The van der Waals surface area contributed by atoms with Gasteiger partial charge < -0.3 is 14.5 Å². The fraction of sp³-hybridized carbons (Fsp3) is 0.654. The van der Waals surface area contributed by atoms with E-state index in [1.807, 2.05) is 25.4 Å². The second kappa shape index (κ2) is 13.5. The molecule has 10 nitrogen and oxygen atoms in total. The first-order chi connectivity index (χ1) is 17.6. The van der Waals surface area contributed by atoms with Crippen molar-refractivity contribution in [1.29, 1.82) is 0 Å². The van der Waals surface area contributed by atoms with Gasteiger partial charge in [-0.1, -0.05) is 13.0 Å². The van der Waals surface area contributed by atoms with E-state index in [9.17, 15) is 19.1 Å². The number of nitrogens with zero attached hydrogens (tertiary/aromatic N) is 5. The number of carbonyl (C=O) groups excluding carboxylic acids is 1. The van der Waals surface area contributed by atoms with Crippen LogP contribution in [0.25, 0.3) is 0 Å². The first-order valence-corrected chi connectivity index (χ1v) is 14.0. The number of nitro benzene ring substituents is 1. The molecule has 1 heterocycles. The lowest BCUT2D eigenvalue weighted by molar-refractivity contribution is -0.384. The minimum Gasteiger partial charge on any atom is -0.445 e. The van der Waals surface area contributed by atoms with E-state index >= 15 is 0 Å². The average Bonchev–Trinajstić information content (AvgIpc) is 3.25. The molecule has 1 aliphatic heterocycles. The molecule has 1 aromatic rings. The second-order valence-electron chi connectivity index (χ2n) is 10.4. The lowest BCUT2D eigenvalue weighted by atomic mass is 9.95. The summed E-state index contributed by atoms with van der Waals surface area (Å²) in [4.78, 5) is 27.5. The molecule has 0 spiro atoms. The Morgan fingerprint density at radius 3 is 2.41 bits per heavy atom. The molecule has 2 aliphatic rings. The first-order valence-electron chi connectivity index (χ1n) is 12.9. The summed E-state index contributed by atoms with van der Waals surface area (Å²) in [7, 11) is 5.64. The number of hydrogen-bond donors (Lipinski definition) is 0. The summed E-state index contributed by atoms with van der Waals surface area (Å²) in [5, 5.41) is 10.8. The highest BCUT2D eigenvalue weighted by molar-refractivity contribution is 7.80. The zero-order valence-corrected chi connectivity index (χ0v) is 23.3. The number of non-ortho nitro benzene ring substituents is 1. The van der Waals surface area contributed by atoms with E-state index in [2.05, 4.69) is 18.4 Å². The summed E-state index contributed by atoms with van der Waals surface area (Å²) in [6, 6.07) is 6.44. The molecule has 206 valence electrons. The third-order valence-corrected chi connectivity index (χ3v) is 9.07. The minimum atomic E-state index is -1.11. The van der Waals surface area contributed by atoms with Gasteiger partial charge in [-0.05, 0) is 55.2 Å². The normalized spacial score (nSPS) is 23.8. The van der Waals surface area contributed by atoms with Crippen LogP contribution in [0.15, 0.2) is 36.9 Å². The molecule has 11 heteroatoms. The molecule has 1 amide bonds. The summed E-state index contributed by atoms with van der Waals surface area (Å²) in [6.07, 6.45) is 5.18. The maximum Gasteiger partial charge on any atom is 0.410 e. The molecule has 0 radical (unpaired) electrons. The number of ether oxygens (including phenoxy) is 1. The molecule has 3 unspecified atom stereocenters. The monoisotopic (exact) mass is 535 g/mol. The molecule has 1 aliphatic carbocycles. The predicted octanol–water partition coefficient (Wildman–Crippen LogP) is 3.67. The maximum atomic E-state index is 12.9. The van der Waals surface area contributed by atoms with Crippen LogP contribution in [0.3, 0.4) is 0 Å². The second-order valence-corrected chi connectivity index (χ2v) is 12.2. The van der Waals surface area contributed by atoms with E-state index in [1.165, 1.54) is 12.1 Å². The third-order valence-electron chi connectivity index (χ3n) is 7.66. The highest BCUT2D eigenvalue weighted by Gasteiger charge is 2.37. The fourth-order valence-electron chi connectivity index (χ4n) is 5.43. The van der Waals surface area contributed by atoms with Crippen LogP contribution in [0.4, 0.5) is 10.5 Å². The summed E-state index contributed by atoms with van der Waals surface area (Å²) in [5.74, 6) is 1.15. The van der Waals surface area contributed by atoms with Crippen molar-refractivity contribution in [3.05, 3.63) is 52.6 Å². The lowest BCUT2D eigenvalue weighted by Crippen LogP contribution is -2.48. The van der Waals surface area contributed by atoms with Crippen molar-refractivity contribution >= 4 is 23.0 Å². The van der Waals surface area contributed by atoms with Crippen LogP contribution < -0.4 is 0 Å². The van der Waals surface area contributed by atoms with E-state index in [0.29, 0.717) is 30.0 Å². The van der Waals surface area contributed by atoms with Gasteiger partial charge in [0.25, 0.3) is 5.69 Å². The van der Waals surface area contributed by atoms with Crippen LogP contribution in [-0.4, -0.2) is 93.0 Å². The highest BCUT2D eigenvalue weighted by atomic mass is 32.2. The van der Waals surface area contributed by atoms with E-state index in [0.717, 1.165) is 45.3 Å². The molecule has 0 N–H and O–H groups in total. The first kappa shape index (κ1) is 29.2. The van der Waals surface area contributed by atoms with Crippen LogP contribution in [0, 0.1) is 22.0 Å². The molecule has 0 aromatic heterocycles. The number of benzene rings is 1. The molecule has 3 rings (SSSR count). The number of amides is 1. The predicted molar refractivity (Wildman–Crippen MR) is 145 cm³/mol. The van der Waals surface area contributed by atoms with Crippen LogP contribution in [0.1, 0.15) is 38.2 Å². The number of nitro groups is 1. The van der Waals surface area contributed by atoms with Crippen molar-refractivity contribution in [2.45, 2.75) is 51.3 Å². The third kappa shape index (κ3) is 7.83. The fourth-order valence-corrected chi connectivity index (χ4v) is 6.38. The van der Waals surface area contributed by atoms with E-state index in [-0.39, 0.29) is 24.4 Å². The van der Waals surface area contributed by atoms with Gasteiger partial charge in [-0.25, -0.2) is 17.6 Å². The average molecular weight is 536 g/mol. The molecular weight excluding hydrogens is 494 g/mol. The SMILES string of the molecule is C=CCN(C(=O)OCc1ccc([N+](=O)[O-])cc1)C1CCN(C[C@H]2CC(N(C)S(=O)N(C)C)CC2C)CC1. The largest absolute Gasteiger partial charge is 0.445 e. The molecular formula is C26H41N5O5S. The van der Waals surface area contributed by atoms with Crippen molar-refractivity contribution in [2.24, 2.45) is 11.8 Å². The summed E-state index contributed by atoms with van der Waals surface area (Å²) in [5.41, 5.74) is 0.713. The topological polar surface area (TPSA) is 99.5 Å². The Labute approximate surface area is 223 Å². The van der Waals surface area contributed by atoms with Gasteiger partial charge in [-0.2, -0.15) is 0 Å². The number of likely N-dealkylation sites (tertiary alicyclic amines) is 1. The lowest BCUT2D eigenvalue weighted by Gasteiger charge is -2.38. The van der Waals surface area contributed by atoms with Crippen LogP contribution in [0.2, 0.25) is 0 Å². The molecule has 2 fully saturated rings. The van der Waals surface area contributed by atoms with Gasteiger partial charge in [0.15, 0.2) is 11.2 Å². The van der Waals surface area contributed by atoms with Gasteiger partial charge in [0.1, 0.15) is 6.61 Å². The number of rotatable bonds is 11. The van der Waals surface area contributed by atoms with Gasteiger partial charge >= 0.3 is 6.09 Å². The smallest absolute Gasteiger partial charge is 0.410 e. The Balaban J connectivity index is 1.48. The quantitative estimate of drug-likeness (QED) is 0.244. The Bertz CT molecular complexity index is 951. The highest BCUT2D eigenvalue weighted by Crippen LogP contribution is 2.36. The summed E-state index contributed by atoms with van der Waals surface area (Å²) >= 11 is -1.11. The van der Waals surface area contributed by atoms with Gasteiger partial charge in [0, 0.05) is 71.5 Å². The van der Waals surface area contributed by atoms with E-state index in [4.69, 9.17) is 4.74 Å². The summed E-state index contributed by atoms with van der Waals surface area (Å²) in [6.45, 7) is 9.45. The van der Waals surface area contributed by atoms with Crippen LogP contribution in [0.5, 0.6) is 0 Å². The van der Waals surface area contributed by atoms with Crippen molar-refractivity contribution in [2.75, 3.05) is 47.3 Å². The molecule has 1 saturated carbocycles. The molecule has 4 atom stereocenters. The van der Waals surface area contributed by atoms with Crippen molar-refractivity contribution in [3.63, 3.8) is 0 Å². The standard InChI is InChI=1S/C26H41N5O5S/c1-6-13-30(26(32)36-19-21-7-9-24(10-8-21)31(33)34)23-11-14-29(15-12-23)18-22-17-25(16-20(22)2)28(5)37(35)27(3)4/h6-10,20,22-23,25H,1,11-19H2,2-5H3/t20?,22-,25?,37?/m1/s1. The minimum absolute atomic E-state index is 0.00759. The van der Waals surface area contributed by atoms with Crippen LogP contribution >= 0.6 is 0 Å². The van der Waals surface area contributed by atoms with Gasteiger partial charge in [0.2, 0.25) is 0 Å². The van der Waals surface area contributed by atoms with Crippen LogP contribution in [-0.2, 0) is 22.5 Å². The van der Waals surface area contributed by atoms with Crippen molar-refractivity contribution in [3.8, 4) is 0 Å². The van der Waals surface area contributed by atoms with Gasteiger partial charge in [-0.15, -0.1) is 6.58 Å². The zero-order valence-electron chi connectivity index (χ0n) is 22.5.